The molecule has 3 atom stereocenters. The molecule has 1 saturated heterocycles. The summed E-state index contributed by atoms with van der Waals surface area (Å²) in [5.74, 6) is -0.0212. The van der Waals surface area contributed by atoms with E-state index in [1.807, 2.05) is 38.1 Å². The van der Waals surface area contributed by atoms with Gasteiger partial charge in [-0.15, -0.1) is 11.8 Å². The third kappa shape index (κ3) is 5.63. The fourth-order valence-electron chi connectivity index (χ4n) is 3.71. The third-order valence-electron chi connectivity index (χ3n) is 5.29. The zero-order valence-electron chi connectivity index (χ0n) is 17.5. The first-order valence-electron chi connectivity index (χ1n) is 10.5. The number of rotatable bonds is 8. The van der Waals surface area contributed by atoms with Gasteiger partial charge in [0.15, 0.2) is 0 Å². The number of benzene rings is 2. The van der Waals surface area contributed by atoms with Crippen LogP contribution in [0.15, 0.2) is 54.6 Å². The second kappa shape index (κ2) is 10.6. The lowest BCUT2D eigenvalue weighted by Crippen LogP contribution is -2.50. The molecule has 4 nitrogen and oxygen atoms in total. The van der Waals surface area contributed by atoms with Crippen molar-refractivity contribution in [1.82, 2.24) is 10.2 Å². The molecule has 1 N–H and O–H groups in total. The Bertz CT molecular complexity index is 861. The minimum atomic E-state index is -0.540. The Morgan fingerprint density at radius 2 is 1.97 bits per heavy atom. The van der Waals surface area contributed by atoms with Crippen LogP contribution >= 0.6 is 11.8 Å². The Balaban J connectivity index is 1.67. The highest BCUT2D eigenvalue weighted by atomic mass is 32.2. The molecule has 0 unspecified atom stereocenters. The van der Waals surface area contributed by atoms with E-state index in [4.69, 9.17) is 0 Å². The number of nitrogens with zero attached hydrogens (tertiary/aromatic N) is 1. The monoisotopic (exact) mass is 428 g/mol. The quantitative estimate of drug-likeness (QED) is 0.663. The number of aryl methyl sites for hydroxylation is 1. The van der Waals surface area contributed by atoms with E-state index < -0.39 is 6.04 Å². The van der Waals surface area contributed by atoms with Crippen LogP contribution in [-0.4, -0.2) is 34.6 Å². The number of carbonyl (C=O) groups excluding carboxylic acids is 2. The van der Waals surface area contributed by atoms with Crippen LogP contribution in [0.1, 0.15) is 49.6 Å². The second-order valence-corrected chi connectivity index (χ2v) is 8.85. The minimum absolute atomic E-state index is 0.000877. The minimum Gasteiger partial charge on any atom is -0.352 e. The normalized spacial score (nSPS) is 19.5. The Morgan fingerprint density at radius 1 is 1.20 bits per heavy atom. The summed E-state index contributed by atoms with van der Waals surface area (Å²) >= 11 is 1.52. The van der Waals surface area contributed by atoms with Crippen molar-refractivity contribution in [3.8, 4) is 0 Å². The standard InChI is InChI=1S/C24H29FN2O2S/c1-3-8-22(28)27-21(16-30-24(27)19-11-7-12-20(25)15-19)23(29)26-17(2)13-14-18-9-5-4-6-10-18/h4-7,9-12,15,17,21,24H,3,8,13-14,16H2,1-2H3,(H,26,29)/t17-,21+,24-/m0/s1. The molecule has 0 radical (unpaired) electrons. The molecule has 0 aromatic heterocycles. The van der Waals surface area contributed by atoms with Gasteiger partial charge in [0.05, 0.1) is 0 Å². The Hall–Kier alpha value is -2.34. The summed E-state index contributed by atoms with van der Waals surface area (Å²) in [6.07, 6.45) is 2.79. The molecule has 2 amide bonds. The fraction of sp³-hybridized carbons (Fsp3) is 0.417. The molecule has 30 heavy (non-hydrogen) atoms. The summed E-state index contributed by atoms with van der Waals surface area (Å²) in [4.78, 5) is 27.6. The van der Waals surface area contributed by atoms with Gasteiger partial charge in [-0.25, -0.2) is 4.39 Å². The van der Waals surface area contributed by atoms with E-state index in [-0.39, 0.29) is 29.0 Å². The first-order valence-corrected chi connectivity index (χ1v) is 11.6. The number of amides is 2. The fourth-order valence-corrected chi connectivity index (χ4v) is 5.15. The molecular formula is C24H29FN2O2S. The molecule has 1 fully saturated rings. The first kappa shape index (κ1) is 22.3. The summed E-state index contributed by atoms with van der Waals surface area (Å²) in [6, 6.07) is 15.9. The highest BCUT2D eigenvalue weighted by molar-refractivity contribution is 7.99. The lowest BCUT2D eigenvalue weighted by Gasteiger charge is -2.30. The molecular weight excluding hydrogens is 399 g/mol. The lowest BCUT2D eigenvalue weighted by molar-refractivity contribution is -0.140. The van der Waals surface area contributed by atoms with Gasteiger partial charge in [-0.05, 0) is 49.4 Å². The number of hydrogen-bond donors (Lipinski definition) is 1. The van der Waals surface area contributed by atoms with Crippen LogP contribution in [0.5, 0.6) is 0 Å². The van der Waals surface area contributed by atoms with Crippen LogP contribution in [0.2, 0.25) is 0 Å². The Labute approximate surface area is 182 Å². The number of carbonyl (C=O) groups is 2. The number of thioether (sulfide) groups is 1. The smallest absolute Gasteiger partial charge is 0.243 e. The van der Waals surface area contributed by atoms with Gasteiger partial charge in [0.2, 0.25) is 11.8 Å². The molecule has 2 aromatic carbocycles. The van der Waals surface area contributed by atoms with Gasteiger partial charge in [-0.1, -0.05) is 49.4 Å². The summed E-state index contributed by atoms with van der Waals surface area (Å²) < 4.78 is 13.8. The van der Waals surface area contributed by atoms with Crippen molar-refractivity contribution in [3.63, 3.8) is 0 Å². The summed E-state index contributed by atoms with van der Waals surface area (Å²) in [7, 11) is 0. The predicted molar refractivity (Wildman–Crippen MR) is 120 cm³/mol. The van der Waals surface area contributed by atoms with Crippen molar-refractivity contribution in [2.45, 2.75) is 57.0 Å². The van der Waals surface area contributed by atoms with Crippen molar-refractivity contribution in [1.29, 1.82) is 0 Å². The topological polar surface area (TPSA) is 49.4 Å². The highest BCUT2D eigenvalue weighted by Gasteiger charge is 2.42. The van der Waals surface area contributed by atoms with Gasteiger partial charge < -0.3 is 10.2 Å². The van der Waals surface area contributed by atoms with E-state index in [2.05, 4.69) is 17.4 Å². The molecule has 3 rings (SSSR count). The SMILES string of the molecule is CCCC(=O)N1[C@@H](C(=O)N[C@@H](C)CCc2ccccc2)CS[C@H]1c1cccc(F)c1. The zero-order valence-corrected chi connectivity index (χ0v) is 18.3. The van der Waals surface area contributed by atoms with Crippen molar-refractivity contribution >= 4 is 23.6 Å². The van der Waals surface area contributed by atoms with Crippen LogP contribution in [0.25, 0.3) is 0 Å². The summed E-state index contributed by atoms with van der Waals surface area (Å²) in [5, 5.41) is 2.74. The van der Waals surface area contributed by atoms with E-state index in [0.717, 1.165) is 18.4 Å². The van der Waals surface area contributed by atoms with Crippen LogP contribution in [0, 0.1) is 5.82 Å². The van der Waals surface area contributed by atoms with Gasteiger partial charge in [-0.3, -0.25) is 9.59 Å². The molecule has 1 aliphatic rings. The van der Waals surface area contributed by atoms with Gasteiger partial charge in [0.1, 0.15) is 17.2 Å². The number of nitrogens with one attached hydrogen (secondary N) is 1. The second-order valence-electron chi connectivity index (χ2n) is 7.74. The maximum absolute atomic E-state index is 13.8. The van der Waals surface area contributed by atoms with E-state index in [9.17, 15) is 14.0 Å². The average molecular weight is 429 g/mol. The molecule has 0 bridgehead atoms. The molecule has 1 heterocycles. The Kier molecular flexibility index (Phi) is 7.91. The van der Waals surface area contributed by atoms with Gasteiger partial charge in [0, 0.05) is 18.2 Å². The molecule has 0 aliphatic carbocycles. The third-order valence-corrected chi connectivity index (χ3v) is 6.61. The van der Waals surface area contributed by atoms with E-state index in [1.165, 1.54) is 29.5 Å². The average Bonchev–Trinajstić information content (AvgIpc) is 3.19. The molecule has 160 valence electrons. The largest absolute Gasteiger partial charge is 0.352 e. The van der Waals surface area contributed by atoms with Crippen LogP contribution in [0.4, 0.5) is 4.39 Å². The van der Waals surface area contributed by atoms with Crippen molar-refractivity contribution in [2.75, 3.05) is 5.75 Å². The van der Waals surface area contributed by atoms with Crippen LogP contribution < -0.4 is 5.32 Å². The first-order chi connectivity index (χ1) is 14.5. The lowest BCUT2D eigenvalue weighted by atomic mass is 10.1. The van der Waals surface area contributed by atoms with Crippen molar-refractivity contribution < 1.29 is 14.0 Å². The van der Waals surface area contributed by atoms with Crippen LogP contribution in [0.3, 0.4) is 0 Å². The van der Waals surface area contributed by atoms with Crippen LogP contribution in [-0.2, 0) is 16.0 Å². The summed E-state index contributed by atoms with van der Waals surface area (Å²) in [5.41, 5.74) is 1.96. The molecule has 0 spiro atoms. The predicted octanol–water partition coefficient (Wildman–Crippen LogP) is 4.71. The zero-order chi connectivity index (χ0) is 21.5. The maximum atomic E-state index is 13.8. The molecule has 6 heteroatoms. The van der Waals surface area contributed by atoms with Gasteiger partial charge in [0.25, 0.3) is 0 Å². The van der Waals surface area contributed by atoms with E-state index >= 15 is 0 Å². The number of halogens is 1. The number of hydrogen-bond acceptors (Lipinski definition) is 3. The van der Waals surface area contributed by atoms with Gasteiger partial charge in [-0.2, -0.15) is 0 Å². The van der Waals surface area contributed by atoms with Crippen molar-refractivity contribution in [3.05, 3.63) is 71.5 Å². The van der Waals surface area contributed by atoms with Crippen molar-refractivity contribution in [2.24, 2.45) is 0 Å². The van der Waals surface area contributed by atoms with E-state index in [0.29, 0.717) is 18.6 Å². The highest BCUT2D eigenvalue weighted by Crippen LogP contribution is 2.42. The summed E-state index contributed by atoms with van der Waals surface area (Å²) in [6.45, 7) is 3.93. The van der Waals surface area contributed by atoms with Gasteiger partial charge >= 0.3 is 0 Å². The Morgan fingerprint density at radius 3 is 2.67 bits per heavy atom. The molecule has 2 aromatic rings. The van der Waals surface area contributed by atoms with E-state index in [1.54, 1.807) is 11.0 Å². The molecule has 1 aliphatic heterocycles. The maximum Gasteiger partial charge on any atom is 0.243 e. The molecule has 0 saturated carbocycles.